The van der Waals surface area contributed by atoms with Crippen molar-refractivity contribution in [2.45, 2.75) is 33.6 Å². The first-order valence-electron chi connectivity index (χ1n) is 12.7. The van der Waals surface area contributed by atoms with Crippen molar-refractivity contribution < 1.29 is 24.3 Å². The predicted molar refractivity (Wildman–Crippen MR) is 156 cm³/mol. The molecule has 11 nitrogen and oxygen atoms in total. The summed E-state index contributed by atoms with van der Waals surface area (Å²) in [7, 11) is 0. The van der Waals surface area contributed by atoms with E-state index in [1.165, 1.54) is 6.07 Å². The quantitative estimate of drug-likeness (QED) is 0.141. The van der Waals surface area contributed by atoms with Crippen LogP contribution in [0.1, 0.15) is 43.4 Å². The van der Waals surface area contributed by atoms with Crippen molar-refractivity contribution in [3.05, 3.63) is 90.7 Å². The highest BCUT2D eigenvalue weighted by atomic mass is 35.5. The molecule has 41 heavy (non-hydrogen) atoms. The van der Waals surface area contributed by atoms with Crippen molar-refractivity contribution in [1.29, 1.82) is 0 Å². The maximum Gasteiger partial charge on any atom is 0.341 e. The first kappa shape index (κ1) is 29.2. The molecule has 1 N–H and O–H groups in total. The van der Waals surface area contributed by atoms with E-state index in [4.69, 9.17) is 31.2 Å². The SMILES string of the molecule is CCOc1cc(C)c(-c2nc3ccccc3c(=O)n2N=Cc2cc(Cl)cc([N+](=O)[O-])c2OCC(=O)O)cc1C(C)C. The summed E-state index contributed by atoms with van der Waals surface area (Å²) < 4.78 is 12.2. The second-order valence-electron chi connectivity index (χ2n) is 9.39. The lowest BCUT2D eigenvalue weighted by atomic mass is 9.96. The van der Waals surface area contributed by atoms with Gasteiger partial charge in [-0.15, -0.1) is 0 Å². The summed E-state index contributed by atoms with van der Waals surface area (Å²) in [6.45, 7) is 7.48. The summed E-state index contributed by atoms with van der Waals surface area (Å²) in [6, 6.07) is 13.0. The fraction of sp³-hybridized carbons (Fsp3) is 0.241. The summed E-state index contributed by atoms with van der Waals surface area (Å²) in [4.78, 5) is 40.6. The number of ether oxygens (including phenoxy) is 2. The number of carboxylic acids is 1. The molecule has 1 aromatic heterocycles. The molecule has 4 rings (SSSR count). The lowest BCUT2D eigenvalue weighted by Gasteiger charge is -2.18. The number of aliphatic carboxylic acids is 1. The molecule has 3 aromatic carbocycles. The summed E-state index contributed by atoms with van der Waals surface area (Å²) in [5.41, 5.74) is 1.77. The topological polar surface area (TPSA) is 146 Å². The highest BCUT2D eigenvalue weighted by Gasteiger charge is 2.23. The Morgan fingerprint density at radius 1 is 1.22 bits per heavy atom. The van der Waals surface area contributed by atoms with Crippen molar-refractivity contribution in [3.63, 3.8) is 0 Å². The maximum absolute atomic E-state index is 13.7. The number of halogens is 1. The molecule has 0 radical (unpaired) electrons. The van der Waals surface area contributed by atoms with E-state index in [1.54, 1.807) is 24.3 Å². The second-order valence-corrected chi connectivity index (χ2v) is 9.83. The van der Waals surface area contributed by atoms with Gasteiger partial charge in [0.1, 0.15) is 5.75 Å². The Labute approximate surface area is 239 Å². The van der Waals surface area contributed by atoms with E-state index < -0.39 is 28.7 Å². The van der Waals surface area contributed by atoms with E-state index >= 15 is 0 Å². The van der Waals surface area contributed by atoms with E-state index in [1.807, 2.05) is 39.8 Å². The fourth-order valence-corrected chi connectivity index (χ4v) is 4.54. The van der Waals surface area contributed by atoms with Gasteiger partial charge in [0.05, 0.1) is 28.6 Å². The molecule has 0 saturated carbocycles. The smallest absolute Gasteiger partial charge is 0.341 e. The van der Waals surface area contributed by atoms with E-state index in [0.29, 0.717) is 23.1 Å². The van der Waals surface area contributed by atoms with Crippen molar-refractivity contribution in [2.75, 3.05) is 13.2 Å². The molecule has 0 aliphatic heterocycles. The molecule has 0 aliphatic rings. The van der Waals surface area contributed by atoms with Crippen LogP contribution in [-0.2, 0) is 4.79 Å². The number of hydrogen-bond acceptors (Lipinski definition) is 8. The first-order valence-corrected chi connectivity index (χ1v) is 13.1. The molecule has 0 aliphatic carbocycles. The van der Waals surface area contributed by atoms with Crippen LogP contribution in [0, 0.1) is 17.0 Å². The van der Waals surface area contributed by atoms with Gasteiger partial charge >= 0.3 is 11.7 Å². The van der Waals surface area contributed by atoms with Gasteiger partial charge in [-0.25, -0.2) is 9.78 Å². The van der Waals surface area contributed by atoms with E-state index in [2.05, 4.69) is 5.10 Å². The Hall–Kier alpha value is -4.77. The van der Waals surface area contributed by atoms with Gasteiger partial charge in [0, 0.05) is 22.2 Å². The van der Waals surface area contributed by atoms with Crippen molar-refractivity contribution >= 4 is 40.4 Å². The highest BCUT2D eigenvalue weighted by Crippen LogP contribution is 2.35. The molecule has 0 unspecified atom stereocenters. The van der Waals surface area contributed by atoms with Crippen LogP contribution in [0.25, 0.3) is 22.3 Å². The molecular weight excluding hydrogens is 552 g/mol. The van der Waals surface area contributed by atoms with Gasteiger partial charge < -0.3 is 14.6 Å². The normalized spacial score (nSPS) is 11.4. The highest BCUT2D eigenvalue weighted by molar-refractivity contribution is 6.31. The van der Waals surface area contributed by atoms with Crippen LogP contribution < -0.4 is 15.0 Å². The number of para-hydroxylation sites is 1. The number of carboxylic acid groups (broad SMARTS) is 1. The van der Waals surface area contributed by atoms with Gasteiger partial charge in [0.25, 0.3) is 5.56 Å². The summed E-state index contributed by atoms with van der Waals surface area (Å²) in [5.74, 6) is -0.624. The average Bonchev–Trinajstić information content (AvgIpc) is 2.91. The van der Waals surface area contributed by atoms with Gasteiger partial charge in [0.15, 0.2) is 12.4 Å². The maximum atomic E-state index is 13.7. The minimum Gasteiger partial charge on any atom is -0.494 e. The number of aromatic nitrogens is 2. The zero-order valence-corrected chi connectivity index (χ0v) is 23.5. The second kappa shape index (κ2) is 12.2. The summed E-state index contributed by atoms with van der Waals surface area (Å²) >= 11 is 6.12. The largest absolute Gasteiger partial charge is 0.494 e. The van der Waals surface area contributed by atoms with Crippen LogP contribution in [0.15, 0.2) is 58.4 Å². The van der Waals surface area contributed by atoms with Crippen LogP contribution in [0.3, 0.4) is 0 Å². The number of benzene rings is 3. The molecule has 212 valence electrons. The van der Waals surface area contributed by atoms with Gasteiger partial charge in [-0.05, 0) is 61.2 Å². The van der Waals surface area contributed by atoms with Crippen molar-refractivity contribution in [3.8, 4) is 22.9 Å². The molecule has 0 saturated heterocycles. The Morgan fingerprint density at radius 2 is 1.95 bits per heavy atom. The Balaban J connectivity index is 1.99. The summed E-state index contributed by atoms with van der Waals surface area (Å²) in [5, 5.41) is 25.4. The zero-order chi connectivity index (χ0) is 29.8. The Kier molecular flexibility index (Phi) is 8.68. The van der Waals surface area contributed by atoms with E-state index in [0.717, 1.165) is 33.8 Å². The Bertz CT molecular complexity index is 1750. The molecular formula is C29H27ClN4O7. The minimum atomic E-state index is -1.33. The number of nitrogens with zero attached hydrogens (tertiary/aromatic N) is 4. The van der Waals surface area contributed by atoms with Crippen LogP contribution in [0.2, 0.25) is 5.02 Å². The molecule has 1 heterocycles. The lowest BCUT2D eigenvalue weighted by molar-refractivity contribution is -0.385. The molecule has 0 amide bonds. The van der Waals surface area contributed by atoms with Crippen LogP contribution >= 0.6 is 11.6 Å². The number of nitro groups is 1. The van der Waals surface area contributed by atoms with Gasteiger partial charge in [-0.3, -0.25) is 14.9 Å². The Morgan fingerprint density at radius 3 is 2.61 bits per heavy atom. The third-order valence-corrected chi connectivity index (χ3v) is 6.40. The third-order valence-electron chi connectivity index (χ3n) is 6.19. The zero-order valence-electron chi connectivity index (χ0n) is 22.8. The van der Waals surface area contributed by atoms with Gasteiger partial charge in [-0.2, -0.15) is 9.78 Å². The fourth-order valence-electron chi connectivity index (χ4n) is 4.32. The first-order chi connectivity index (χ1) is 19.5. The number of hydrogen-bond donors (Lipinski definition) is 1. The van der Waals surface area contributed by atoms with Crippen LogP contribution in [-0.4, -0.2) is 45.1 Å². The standard InChI is InChI=1S/C29H27ClN4O7/c1-5-40-25-10-17(4)22(13-21(25)16(2)3)28-32-23-9-7-6-8-20(23)29(37)33(28)31-14-18-11-19(30)12-24(34(38)39)27(18)41-15-26(35)36/h6-14,16H,5,15H2,1-4H3,(H,35,36). The van der Waals surface area contributed by atoms with Crippen molar-refractivity contribution in [1.82, 2.24) is 9.66 Å². The summed E-state index contributed by atoms with van der Waals surface area (Å²) in [6.07, 6.45) is 1.16. The van der Waals surface area contributed by atoms with E-state index in [9.17, 15) is 19.7 Å². The number of fused-ring (bicyclic) bond motifs is 1. The predicted octanol–water partition coefficient (Wildman–Crippen LogP) is 5.80. The molecule has 0 atom stereocenters. The monoisotopic (exact) mass is 578 g/mol. The third kappa shape index (κ3) is 6.20. The van der Waals surface area contributed by atoms with Crippen LogP contribution in [0.4, 0.5) is 5.69 Å². The number of carbonyl (C=O) groups is 1. The number of nitro benzene ring substituents is 1. The number of aryl methyl sites for hydroxylation is 1. The molecule has 12 heteroatoms. The minimum absolute atomic E-state index is 0.00254. The molecule has 4 aromatic rings. The number of rotatable bonds is 10. The lowest BCUT2D eigenvalue weighted by Crippen LogP contribution is -2.21. The average molecular weight is 579 g/mol. The van der Waals surface area contributed by atoms with Gasteiger partial charge in [-0.1, -0.05) is 37.6 Å². The molecule has 0 fully saturated rings. The molecule has 0 bridgehead atoms. The van der Waals surface area contributed by atoms with Crippen molar-refractivity contribution in [2.24, 2.45) is 5.10 Å². The van der Waals surface area contributed by atoms with Crippen LogP contribution in [0.5, 0.6) is 11.5 Å². The van der Waals surface area contributed by atoms with E-state index in [-0.39, 0.29) is 28.1 Å². The molecule has 0 spiro atoms. The van der Waals surface area contributed by atoms with Gasteiger partial charge in [0.2, 0.25) is 5.75 Å².